The highest BCUT2D eigenvalue weighted by atomic mass is 35.5. The highest BCUT2D eigenvalue weighted by Crippen LogP contribution is 2.15. The number of piperidine rings is 1. The molecule has 0 radical (unpaired) electrons. The molecule has 1 heterocycles. The van der Waals surface area contributed by atoms with E-state index in [-0.39, 0.29) is 42.5 Å². The highest BCUT2D eigenvalue weighted by molar-refractivity contribution is 5.96. The summed E-state index contributed by atoms with van der Waals surface area (Å²) in [6.45, 7) is 1.78. The topological polar surface area (TPSA) is 70.2 Å². The Labute approximate surface area is 164 Å². The summed E-state index contributed by atoms with van der Waals surface area (Å²) in [5.41, 5.74) is 1.55. The Hall–Kier alpha value is -2.44. The van der Waals surface area contributed by atoms with Gasteiger partial charge in [0.25, 0.3) is 5.91 Å². The molecular formula is C20H23ClFN3O2. The summed E-state index contributed by atoms with van der Waals surface area (Å²) in [6.07, 6.45) is 1.88. The van der Waals surface area contributed by atoms with Crippen LogP contribution in [0, 0.1) is 11.7 Å². The van der Waals surface area contributed by atoms with E-state index in [4.69, 9.17) is 0 Å². The smallest absolute Gasteiger partial charge is 0.251 e. The van der Waals surface area contributed by atoms with Crippen molar-refractivity contribution in [2.45, 2.75) is 19.4 Å². The Morgan fingerprint density at radius 1 is 1.11 bits per heavy atom. The second kappa shape index (κ2) is 10.0. The molecule has 27 heavy (non-hydrogen) atoms. The van der Waals surface area contributed by atoms with Crippen molar-refractivity contribution in [1.82, 2.24) is 10.6 Å². The highest BCUT2D eigenvalue weighted by Gasteiger charge is 2.20. The minimum atomic E-state index is -0.344. The van der Waals surface area contributed by atoms with Gasteiger partial charge in [0.15, 0.2) is 0 Å². The van der Waals surface area contributed by atoms with E-state index < -0.39 is 0 Å². The average molecular weight is 392 g/mol. The van der Waals surface area contributed by atoms with Crippen LogP contribution >= 0.6 is 12.4 Å². The van der Waals surface area contributed by atoms with Gasteiger partial charge in [0, 0.05) is 29.9 Å². The Bertz CT molecular complexity index is 777. The van der Waals surface area contributed by atoms with Crippen LogP contribution in [0.4, 0.5) is 10.1 Å². The van der Waals surface area contributed by atoms with Crippen molar-refractivity contribution >= 4 is 29.9 Å². The van der Waals surface area contributed by atoms with Gasteiger partial charge in [-0.05, 0) is 49.7 Å². The Kier molecular flexibility index (Phi) is 7.76. The summed E-state index contributed by atoms with van der Waals surface area (Å²) < 4.78 is 13.6. The number of halogens is 2. The summed E-state index contributed by atoms with van der Waals surface area (Å²) in [7, 11) is 0. The molecule has 0 aliphatic carbocycles. The largest absolute Gasteiger partial charge is 0.348 e. The molecule has 7 heteroatoms. The van der Waals surface area contributed by atoms with Crippen molar-refractivity contribution in [3.8, 4) is 0 Å². The van der Waals surface area contributed by atoms with Crippen LogP contribution in [0.15, 0.2) is 48.5 Å². The van der Waals surface area contributed by atoms with Crippen LogP contribution in [0.2, 0.25) is 0 Å². The third-order valence-corrected chi connectivity index (χ3v) is 4.48. The first-order valence-electron chi connectivity index (χ1n) is 8.77. The van der Waals surface area contributed by atoms with E-state index in [1.54, 1.807) is 42.5 Å². The van der Waals surface area contributed by atoms with Crippen LogP contribution < -0.4 is 16.0 Å². The van der Waals surface area contributed by atoms with Gasteiger partial charge < -0.3 is 16.0 Å². The van der Waals surface area contributed by atoms with Crippen LogP contribution in [0.5, 0.6) is 0 Å². The first-order valence-corrected chi connectivity index (χ1v) is 8.77. The summed E-state index contributed by atoms with van der Waals surface area (Å²) in [6, 6.07) is 13.0. The first kappa shape index (κ1) is 20.9. The molecule has 144 valence electrons. The van der Waals surface area contributed by atoms with Crippen LogP contribution in [-0.4, -0.2) is 24.9 Å². The maximum absolute atomic E-state index is 13.6. The molecule has 2 aromatic carbocycles. The molecular weight excluding hydrogens is 369 g/mol. The molecule has 1 saturated heterocycles. The lowest BCUT2D eigenvalue weighted by molar-refractivity contribution is -0.120. The number of rotatable bonds is 5. The van der Waals surface area contributed by atoms with Gasteiger partial charge in [-0.2, -0.15) is 0 Å². The molecule has 3 rings (SSSR count). The van der Waals surface area contributed by atoms with E-state index in [9.17, 15) is 14.0 Å². The third kappa shape index (κ3) is 5.77. The zero-order valence-corrected chi connectivity index (χ0v) is 15.7. The summed E-state index contributed by atoms with van der Waals surface area (Å²) in [5.74, 6) is -0.660. The predicted octanol–water partition coefficient (Wildman–Crippen LogP) is 3.12. The van der Waals surface area contributed by atoms with Gasteiger partial charge >= 0.3 is 0 Å². The normalized spacial score (nSPS) is 16.1. The molecule has 1 fully saturated rings. The van der Waals surface area contributed by atoms with E-state index in [1.165, 1.54) is 6.07 Å². The fourth-order valence-electron chi connectivity index (χ4n) is 2.94. The average Bonchev–Trinajstić information content (AvgIpc) is 2.68. The molecule has 2 amide bonds. The molecule has 0 aromatic heterocycles. The van der Waals surface area contributed by atoms with E-state index in [0.29, 0.717) is 23.4 Å². The summed E-state index contributed by atoms with van der Waals surface area (Å²) in [4.78, 5) is 24.4. The first-order chi connectivity index (χ1) is 12.6. The predicted molar refractivity (Wildman–Crippen MR) is 105 cm³/mol. The Balaban J connectivity index is 0.00000261. The van der Waals surface area contributed by atoms with Crippen molar-refractivity contribution in [3.05, 3.63) is 65.5 Å². The second-order valence-corrected chi connectivity index (χ2v) is 6.38. The number of nitrogens with one attached hydrogen (secondary N) is 3. The van der Waals surface area contributed by atoms with Crippen molar-refractivity contribution in [1.29, 1.82) is 0 Å². The third-order valence-electron chi connectivity index (χ3n) is 4.48. The molecule has 5 nitrogen and oxygen atoms in total. The number of carbonyl (C=O) groups excluding carboxylic acids is 2. The molecule has 0 spiro atoms. The molecule has 0 saturated carbocycles. The lowest BCUT2D eigenvalue weighted by atomic mass is 9.99. The molecule has 0 bridgehead atoms. The zero-order chi connectivity index (χ0) is 18.4. The molecule has 1 unspecified atom stereocenters. The maximum Gasteiger partial charge on any atom is 0.251 e. The molecule has 1 atom stereocenters. The zero-order valence-electron chi connectivity index (χ0n) is 14.8. The second-order valence-electron chi connectivity index (χ2n) is 6.38. The van der Waals surface area contributed by atoms with Gasteiger partial charge in [0.2, 0.25) is 5.91 Å². The van der Waals surface area contributed by atoms with Gasteiger partial charge in [-0.3, -0.25) is 9.59 Å². The number of carbonyl (C=O) groups is 2. The minimum absolute atomic E-state index is 0. The van der Waals surface area contributed by atoms with Gasteiger partial charge in [-0.15, -0.1) is 12.4 Å². The van der Waals surface area contributed by atoms with Crippen LogP contribution in [0.3, 0.4) is 0 Å². The van der Waals surface area contributed by atoms with Crippen molar-refractivity contribution in [3.63, 3.8) is 0 Å². The monoisotopic (exact) mass is 391 g/mol. The van der Waals surface area contributed by atoms with Gasteiger partial charge in [-0.25, -0.2) is 4.39 Å². The summed E-state index contributed by atoms with van der Waals surface area (Å²) in [5, 5.41) is 8.79. The van der Waals surface area contributed by atoms with E-state index in [0.717, 1.165) is 19.4 Å². The Morgan fingerprint density at radius 3 is 2.52 bits per heavy atom. The van der Waals surface area contributed by atoms with Gasteiger partial charge in [0.1, 0.15) is 5.82 Å². The lowest BCUT2D eigenvalue weighted by Crippen LogP contribution is -2.37. The molecule has 1 aliphatic heterocycles. The van der Waals surface area contributed by atoms with Gasteiger partial charge in [0.05, 0.1) is 5.92 Å². The van der Waals surface area contributed by atoms with Crippen molar-refractivity contribution in [2.24, 2.45) is 5.92 Å². The van der Waals surface area contributed by atoms with Gasteiger partial charge in [-0.1, -0.05) is 18.2 Å². The standard InChI is InChI=1S/C20H22FN3O2.ClH/c21-18-6-2-1-4-15(18)13-23-19(25)14-7-9-17(10-8-14)24-20(26)16-5-3-11-22-12-16;/h1-2,4,6-10,16,22H,3,5,11-13H2,(H,23,25)(H,24,26);1H. The Morgan fingerprint density at radius 2 is 1.85 bits per heavy atom. The van der Waals surface area contributed by atoms with Crippen LogP contribution in [0.1, 0.15) is 28.8 Å². The number of anilines is 1. The molecule has 1 aliphatic rings. The minimum Gasteiger partial charge on any atom is -0.348 e. The van der Waals surface area contributed by atoms with Crippen molar-refractivity contribution in [2.75, 3.05) is 18.4 Å². The number of hydrogen-bond donors (Lipinski definition) is 3. The van der Waals surface area contributed by atoms with Crippen molar-refractivity contribution < 1.29 is 14.0 Å². The molecule has 2 aromatic rings. The number of amides is 2. The fourth-order valence-corrected chi connectivity index (χ4v) is 2.94. The summed E-state index contributed by atoms with van der Waals surface area (Å²) >= 11 is 0. The fraction of sp³-hybridized carbons (Fsp3) is 0.300. The van der Waals surface area contributed by atoms with Crippen LogP contribution in [0.25, 0.3) is 0 Å². The quantitative estimate of drug-likeness (QED) is 0.733. The molecule has 3 N–H and O–H groups in total. The maximum atomic E-state index is 13.6. The van der Waals surface area contributed by atoms with Crippen LogP contribution in [-0.2, 0) is 11.3 Å². The van der Waals surface area contributed by atoms with E-state index >= 15 is 0 Å². The van der Waals surface area contributed by atoms with E-state index in [1.807, 2.05) is 0 Å². The van der Waals surface area contributed by atoms with E-state index in [2.05, 4.69) is 16.0 Å². The lowest BCUT2D eigenvalue weighted by Gasteiger charge is -2.21. The SMILES string of the molecule is Cl.O=C(NCc1ccccc1F)c1ccc(NC(=O)C2CCCNC2)cc1. The number of benzene rings is 2. The number of hydrogen-bond acceptors (Lipinski definition) is 3.